The quantitative estimate of drug-likeness (QED) is 0.872. The van der Waals surface area contributed by atoms with Crippen LogP contribution >= 0.6 is 11.6 Å². The Morgan fingerprint density at radius 3 is 2.68 bits per heavy atom. The van der Waals surface area contributed by atoms with Crippen molar-refractivity contribution in [3.8, 4) is 0 Å². The molecule has 1 aliphatic rings. The second kappa shape index (κ2) is 7.08. The number of nitrogens with zero attached hydrogens (tertiary/aromatic N) is 2. The molecule has 0 radical (unpaired) electrons. The van der Waals surface area contributed by atoms with Gasteiger partial charge in [0.2, 0.25) is 5.89 Å². The van der Waals surface area contributed by atoms with Crippen LogP contribution in [0.4, 0.5) is 5.69 Å². The van der Waals surface area contributed by atoms with Gasteiger partial charge in [-0.05, 0) is 31.0 Å². The van der Waals surface area contributed by atoms with Gasteiger partial charge in [-0.1, -0.05) is 32.4 Å². The SMILES string of the molecule is CC(C)(C)c1cnc(CNc2ccc(Cl)cc2C(=O)N2CCCC2)o1. The summed E-state index contributed by atoms with van der Waals surface area (Å²) >= 11 is 6.11. The summed E-state index contributed by atoms with van der Waals surface area (Å²) in [6.45, 7) is 8.27. The highest BCUT2D eigenvalue weighted by atomic mass is 35.5. The molecule has 5 nitrogen and oxygen atoms in total. The topological polar surface area (TPSA) is 58.4 Å². The molecule has 0 unspecified atom stereocenters. The number of anilines is 1. The third kappa shape index (κ3) is 4.15. The molecule has 2 aromatic rings. The third-order valence-corrected chi connectivity index (χ3v) is 4.56. The van der Waals surface area contributed by atoms with Gasteiger partial charge in [0.1, 0.15) is 5.76 Å². The molecule has 0 saturated carbocycles. The first kappa shape index (κ1) is 17.8. The van der Waals surface area contributed by atoms with Gasteiger partial charge in [-0.15, -0.1) is 0 Å². The number of halogens is 1. The number of carbonyl (C=O) groups is 1. The summed E-state index contributed by atoms with van der Waals surface area (Å²) in [7, 11) is 0. The summed E-state index contributed by atoms with van der Waals surface area (Å²) in [5.74, 6) is 1.46. The summed E-state index contributed by atoms with van der Waals surface area (Å²) in [6, 6.07) is 5.33. The maximum absolute atomic E-state index is 12.8. The number of aromatic nitrogens is 1. The van der Waals surface area contributed by atoms with Gasteiger partial charge in [-0.25, -0.2) is 4.98 Å². The van der Waals surface area contributed by atoms with Gasteiger partial charge in [0, 0.05) is 29.2 Å². The molecule has 1 fully saturated rings. The van der Waals surface area contributed by atoms with Crippen molar-refractivity contribution in [1.29, 1.82) is 0 Å². The predicted molar refractivity (Wildman–Crippen MR) is 99.1 cm³/mol. The van der Waals surface area contributed by atoms with E-state index in [1.807, 2.05) is 11.0 Å². The highest BCUT2D eigenvalue weighted by molar-refractivity contribution is 6.31. The molecule has 134 valence electrons. The molecule has 1 aromatic heterocycles. The van der Waals surface area contributed by atoms with Crippen LogP contribution in [0.1, 0.15) is 55.6 Å². The van der Waals surface area contributed by atoms with E-state index < -0.39 is 0 Å². The smallest absolute Gasteiger partial charge is 0.256 e. The Labute approximate surface area is 153 Å². The second-order valence-electron chi connectivity index (χ2n) is 7.41. The fourth-order valence-electron chi connectivity index (χ4n) is 2.85. The summed E-state index contributed by atoms with van der Waals surface area (Å²) in [5, 5.41) is 3.82. The average Bonchev–Trinajstić information content (AvgIpc) is 3.24. The summed E-state index contributed by atoms with van der Waals surface area (Å²) in [4.78, 5) is 18.9. The zero-order chi connectivity index (χ0) is 18.0. The molecule has 1 aromatic carbocycles. The van der Waals surface area contributed by atoms with Crippen molar-refractivity contribution in [1.82, 2.24) is 9.88 Å². The first-order valence-electron chi connectivity index (χ1n) is 8.62. The van der Waals surface area contributed by atoms with Crippen LogP contribution in [0.5, 0.6) is 0 Å². The molecule has 0 spiro atoms. The lowest BCUT2D eigenvalue weighted by atomic mass is 9.94. The van der Waals surface area contributed by atoms with Crippen molar-refractivity contribution >= 4 is 23.2 Å². The molecule has 3 rings (SSSR count). The van der Waals surface area contributed by atoms with Gasteiger partial charge in [0.05, 0.1) is 18.3 Å². The van der Waals surface area contributed by atoms with Gasteiger partial charge in [0.25, 0.3) is 5.91 Å². The minimum Gasteiger partial charge on any atom is -0.443 e. The Morgan fingerprint density at radius 1 is 1.32 bits per heavy atom. The Morgan fingerprint density at radius 2 is 2.04 bits per heavy atom. The minimum atomic E-state index is -0.0810. The first-order valence-corrected chi connectivity index (χ1v) is 9.00. The Bertz CT molecular complexity index is 758. The van der Waals surface area contributed by atoms with E-state index in [1.54, 1.807) is 18.3 Å². The highest BCUT2D eigenvalue weighted by Gasteiger charge is 2.23. The molecular weight excluding hydrogens is 338 g/mol. The Kier molecular flexibility index (Phi) is 5.04. The number of benzene rings is 1. The Balaban J connectivity index is 1.76. The highest BCUT2D eigenvalue weighted by Crippen LogP contribution is 2.26. The monoisotopic (exact) mass is 361 g/mol. The van der Waals surface area contributed by atoms with Gasteiger partial charge < -0.3 is 14.6 Å². The second-order valence-corrected chi connectivity index (χ2v) is 7.85. The molecule has 2 heterocycles. The maximum Gasteiger partial charge on any atom is 0.256 e. The van der Waals surface area contributed by atoms with Crippen molar-refractivity contribution in [2.45, 2.75) is 45.6 Å². The first-order chi connectivity index (χ1) is 11.8. The zero-order valence-corrected chi connectivity index (χ0v) is 15.7. The molecule has 25 heavy (non-hydrogen) atoms. The lowest BCUT2D eigenvalue weighted by Crippen LogP contribution is -2.28. The number of hydrogen-bond acceptors (Lipinski definition) is 4. The predicted octanol–water partition coefficient (Wildman–Crippen LogP) is 4.47. The van der Waals surface area contributed by atoms with Crippen LogP contribution in [0.3, 0.4) is 0 Å². The number of nitrogens with one attached hydrogen (secondary N) is 1. The van der Waals surface area contributed by atoms with Crippen molar-refractivity contribution < 1.29 is 9.21 Å². The van der Waals surface area contributed by atoms with Crippen molar-refractivity contribution in [3.05, 3.63) is 46.6 Å². The molecule has 0 atom stereocenters. The van der Waals surface area contributed by atoms with Crippen LogP contribution in [0.15, 0.2) is 28.8 Å². The van der Waals surface area contributed by atoms with E-state index in [2.05, 4.69) is 31.1 Å². The van der Waals surface area contributed by atoms with Gasteiger partial charge >= 0.3 is 0 Å². The number of rotatable bonds is 4. The third-order valence-electron chi connectivity index (χ3n) is 4.33. The van der Waals surface area contributed by atoms with E-state index in [1.165, 1.54) is 0 Å². The minimum absolute atomic E-state index is 0.0188. The molecule has 6 heteroatoms. The Hall–Kier alpha value is -2.01. The van der Waals surface area contributed by atoms with Gasteiger partial charge in [-0.2, -0.15) is 0 Å². The van der Waals surface area contributed by atoms with Crippen molar-refractivity contribution in [2.24, 2.45) is 0 Å². The van der Waals surface area contributed by atoms with Gasteiger partial charge in [-0.3, -0.25) is 4.79 Å². The van der Waals surface area contributed by atoms with Crippen molar-refractivity contribution in [3.63, 3.8) is 0 Å². The summed E-state index contributed by atoms with van der Waals surface area (Å²) in [5.41, 5.74) is 1.26. The number of hydrogen-bond donors (Lipinski definition) is 1. The number of amides is 1. The number of likely N-dealkylation sites (tertiary alicyclic amines) is 1. The van der Waals surface area contributed by atoms with Crippen LogP contribution in [-0.2, 0) is 12.0 Å². The van der Waals surface area contributed by atoms with E-state index in [0.717, 1.165) is 37.4 Å². The zero-order valence-electron chi connectivity index (χ0n) is 14.9. The number of oxazole rings is 1. The van der Waals surface area contributed by atoms with Crippen LogP contribution in [0, 0.1) is 0 Å². The van der Waals surface area contributed by atoms with E-state index >= 15 is 0 Å². The van der Waals surface area contributed by atoms with Crippen LogP contribution < -0.4 is 5.32 Å². The van der Waals surface area contributed by atoms with Crippen LogP contribution in [0.25, 0.3) is 0 Å². The molecule has 1 N–H and O–H groups in total. The molecule has 0 aliphatic carbocycles. The normalized spacial score (nSPS) is 14.8. The molecule has 1 aliphatic heterocycles. The van der Waals surface area contributed by atoms with Gasteiger partial charge in [0.15, 0.2) is 0 Å². The maximum atomic E-state index is 12.8. The van der Waals surface area contributed by atoms with E-state index in [0.29, 0.717) is 23.0 Å². The van der Waals surface area contributed by atoms with Crippen LogP contribution in [0.2, 0.25) is 5.02 Å². The summed E-state index contributed by atoms with van der Waals surface area (Å²) in [6.07, 6.45) is 3.87. The van der Waals surface area contributed by atoms with Crippen molar-refractivity contribution in [2.75, 3.05) is 18.4 Å². The fourth-order valence-corrected chi connectivity index (χ4v) is 3.02. The molecular formula is C19H24ClN3O2. The standard InChI is InChI=1S/C19H24ClN3O2/c1-19(2,3)16-11-22-17(25-16)12-21-15-7-6-13(20)10-14(15)18(24)23-8-4-5-9-23/h6-7,10-11,21H,4-5,8-9,12H2,1-3H3. The molecule has 0 bridgehead atoms. The van der Waals surface area contributed by atoms with E-state index in [4.69, 9.17) is 16.0 Å². The summed E-state index contributed by atoms with van der Waals surface area (Å²) < 4.78 is 5.80. The lowest BCUT2D eigenvalue weighted by Gasteiger charge is -2.18. The van der Waals surface area contributed by atoms with E-state index in [9.17, 15) is 4.79 Å². The molecule has 1 saturated heterocycles. The largest absolute Gasteiger partial charge is 0.443 e. The lowest BCUT2D eigenvalue weighted by molar-refractivity contribution is 0.0793. The number of carbonyl (C=O) groups excluding carboxylic acids is 1. The molecule has 1 amide bonds. The van der Waals surface area contributed by atoms with Crippen LogP contribution in [-0.4, -0.2) is 28.9 Å². The fraction of sp³-hybridized carbons (Fsp3) is 0.474. The van der Waals surface area contributed by atoms with E-state index in [-0.39, 0.29) is 11.3 Å². The average molecular weight is 362 g/mol.